The van der Waals surface area contributed by atoms with Gasteiger partial charge in [0.2, 0.25) is 15.9 Å². The Hall–Kier alpha value is -1.80. The van der Waals surface area contributed by atoms with Crippen molar-refractivity contribution in [1.82, 2.24) is 4.31 Å². The van der Waals surface area contributed by atoms with Crippen molar-refractivity contribution in [3.8, 4) is 0 Å². The number of amides is 1. The number of carbonyl (C=O) groups excluding carboxylic acids is 1. The van der Waals surface area contributed by atoms with Gasteiger partial charge in [0.25, 0.3) is 0 Å². The van der Waals surface area contributed by atoms with Crippen molar-refractivity contribution in [1.29, 1.82) is 0 Å². The molecule has 0 unspecified atom stereocenters. The molecule has 3 rings (SSSR count). The number of anilines is 2. The van der Waals surface area contributed by atoms with Crippen molar-refractivity contribution in [3.05, 3.63) is 52.0 Å². The molecule has 2 aromatic carbocycles. The Kier molecular flexibility index (Phi) is 7.05. The minimum Gasteiger partial charge on any atom is -0.376 e. The molecule has 1 aliphatic heterocycles. The van der Waals surface area contributed by atoms with Gasteiger partial charge in [-0.3, -0.25) is 4.79 Å². The van der Waals surface area contributed by atoms with Gasteiger partial charge in [-0.05, 0) is 49.6 Å². The lowest BCUT2D eigenvalue weighted by Crippen LogP contribution is -2.35. The van der Waals surface area contributed by atoms with Gasteiger partial charge >= 0.3 is 0 Å². The summed E-state index contributed by atoms with van der Waals surface area (Å²) in [6.07, 6.45) is 2.81. The molecule has 6 nitrogen and oxygen atoms in total. The summed E-state index contributed by atoms with van der Waals surface area (Å²) in [6.45, 7) is 2.89. The molecule has 29 heavy (non-hydrogen) atoms. The van der Waals surface area contributed by atoms with Crippen LogP contribution in [-0.2, 0) is 14.8 Å². The molecule has 0 spiro atoms. The van der Waals surface area contributed by atoms with Gasteiger partial charge < -0.3 is 10.6 Å². The number of aryl methyl sites for hydroxylation is 1. The van der Waals surface area contributed by atoms with E-state index in [1.807, 2.05) is 6.92 Å². The lowest BCUT2D eigenvalue weighted by Gasteiger charge is -2.26. The molecule has 1 heterocycles. The van der Waals surface area contributed by atoms with Crippen LogP contribution in [-0.4, -0.2) is 38.3 Å². The van der Waals surface area contributed by atoms with Gasteiger partial charge in [0, 0.05) is 18.8 Å². The molecule has 0 bridgehead atoms. The number of sulfonamides is 1. The van der Waals surface area contributed by atoms with Crippen molar-refractivity contribution in [3.63, 3.8) is 0 Å². The Balaban J connectivity index is 1.70. The molecule has 1 saturated heterocycles. The number of carbonyl (C=O) groups is 1. The van der Waals surface area contributed by atoms with Crippen LogP contribution in [0.15, 0.2) is 41.3 Å². The van der Waals surface area contributed by atoms with E-state index in [2.05, 4.69) is 10.6 Å². The lowest BCUT2D eigenvalue weighted by molar-refractivity contribution is -0.114. The summed E-state index contributed by atoms with van der Waals surface area (Å²) in [4.78, 5) is 12.5. The average Bonchev–Trinajstić information content (AvgIpc) is 2.71. The normalized spacial score (nSPS) is 15.1. The molecule has 9 heteroatoms. The van der Waals surface area contributed by atoms with Crippen molar-refractivity contribution in [2.75, 3.05) is 30.3 Å². The zero-order valence-corrected chi connectivity index (χ0v) is 18.4. The van der Waals surface area contributed by atoms with Gasteiger partial charge in [-0.25, -0.2) is 8.42 Å². The van der Waals surface area contributed by atoms with E-state index < -0.39 is 10.0 Å². The SMILES string of the molecule is Cc1ccc(S(=O)(=O)N2CCCCC2)cc1NCC(=O)Nc1cccc(Cl)c1Cl. The van der Waals surface area contributed by atoms with Gasteiger partial charge in [0.05, 0.1) is 27.2 Å². The molecule has 1 aliphatic rings. The first kappa shape index (κ1) is 21.9. The molecule has 2 aromatic rings. The quantitative estimate of drug-likeness (QED) is 0.670. The first-order valence-electron chi connectivity index (χ1n) is 9.37. The number of piperidine rings is 1. The number of nitrogens with one attached hydrogen (secondary N) is 2. The Bertz CT molecular complexity index is 1010. The topological polar surface area (TPSA) is 78.5 Å². The Labute approximate surface area is 181 Å². The number of rotatable bonds is 6. The number of hydrogen-bond donors (Lipinski definition) is 2. The number of benzene rings is 2. The van der Waals surface area contributed by atoms with Crippen LogP contribution in [0.3, 0.4) is 0 Å². The summed E-state index contributed by atoms with van der Waals surface area (Å²) < 4.78 is 27.3. The number of nitrogens with zero attached hydrogens (tertiary/aromatic N) is 1. The summed E-state index contributed by atoms with van der Waals surface area (Å²) in [5.74, 6) is -0.321. The monoisotopic (exact) mass is 455 g/mol. The molecule has 156 valence electrons. The van der Waals surface area contributed by atoms with E-state index in [1.54, 1.807) is 36.4 Å². The highest BCUT2D eigenvalue weighted by Crippen LogP contribution is 2.29. The average molecular weight is 456 g/mol. The standard InChI is InChI=1S/C20H23Cl2N3O3S/c1-14-8-9-15(29(27,28)25-10-3-2-4-11-25)12-18(14)23-13-19(26)24-17-7-5-6-16(21)20(17)22/h5-9,12,23H,2-4,10-11,13H2,1H3,(H,24,26). The van der Waals surface area contributed by atoms with Gasteiger partial charge in [0.1, 0.15) is 0 Å². The van der Waals surface area contributed by atoms with E-state index in [0.29, 0.717) is 29.5 Å². The molecule has 0 aromatic heterocycles. The minimum absolute atomic E-state index is 0.0447. The molecule has 0 atom stereocenters. The van der Waals surface area contributed by atoms with Crippen LogP contribution in [0.1, 0.15) is 24.8 Å². The van der Waals surface area contributed by atoms with Gasteiger partial charge in [-0.15, -0.1) is 0 Å². The molecule has 0 aliphatic carbocycles. The van der Waals surface area contributed by atoms with Gasteiger partial charge in [-0.2, -0.15) is 4.31 Å². The maximum absolute atomic E-state index is 12.9. The largest absolute Gasteiger partial charge is 0.376 e. The Morgan fingerprint density at radius 2 is 1.79 bits per heavy atom. The molecule has 1 fully saturated rings. The second-order valence-corrected chi connectivity index (χ2v) is 9.67. The lowest BCUT2D eigenvalue weighted by atomic mass is 10.2. The predicted molar refractivity (Wildman–Crippen MR) is 117 cm³/mol. The van der Waals surface area contributed by atoms with E-state index >= 15 is 0 Å². The zero-order chi connectivity index (χ0) is 21.0. The highest BCUT2D eigenvalue weighted by Gasteiger charge is 2.26. The van der Waals surface area contributed by atoms with E-state index in [9.17, 15) is 13.2 Å². The third kappa shape index (κ3) is 5.22. The van der Waals surface area contributed by atoms with Crippen LogP contribution in [0.25, 0.3) is 0 Å². The fraction of sp³-hybridized carbons (Fsp3) is 0.350. The van der Waals surface area contributed by atoms with Gasteiger partial charge in [-0.1, -0.05) is 41.8 Å². The van der Waals surface area contributed by atoms with Crippen LogP contribution in [0.4, 0.5) is 11.4 Å². The number of hydrogen-bond acceptors (Lipinski definition) is 4. The summed E-state index contributed by atoms with van der Waals surface area (Å²) >= 11 is 12.0. The maximum Gasteiger partial charge on any atom is 0.243 e. The molecule has 2 N–H and O–H groups in total. The second kappa shape index (κ2) is 9.34. The molecular formula is C20H23Cl2N3O3S. The molecule has 1 amide bonds. The Morgan fingerprint density at radius 1 is 1.07 bits per heavy atom. The van der Waals surface area contributed by atoms with Crippen molar-refractivity contribution in [2.45, 2.75) is 31.1 Å². The fourth-order valence-corrected chi connectivity index (χ4v) is 5.07. The summed E-state index contributed by atoms with van der Waals surface area (Å²) in [6, 6.07) is 9.91. The third-order valence-electron chi connectivity index (χ3n) is 4.83. The summed E-state index contributed by atoms with van der Waals surface area (Å²) in [5.41, 5.74) is 1.86. The van der Waals surface area contributed by atoms with Crippen molar-refractivity contribution in [2.24, 2.45) is 0 Å². The predicted octanol–water partition coefficient (Wildman–Crippen LogP) is 4.53. The fourth-order valence-electron chi connectivity index (χ4n) is 3.18. The number of halogens is 2. The molecule has 0 radical (unpaired) electrons. The summed E-state index contributed by atoms with van der Waals surface area (Å²) in [7, 11) is -3.54. The minimum atomic E-state index is -3.54. The maximum atomic E-state index is 12.9. The second-order valence-electron chi connectivity index (χ2n) is 6.94. The van der Waals surface area contributed by atoms with Crippen LogP contribution in [0.2, 0.25) is 10.0 Å². The van der Waals surface area contributed by atoms with Crippen molar-refractivity contribution < 1.29 is 13.2 Å². The van der Waals surface area contributed by atoms with Crippen LogP contribution in [0.5, 0.6) is 0 Å². The summed E-state index contributed by atoms with van der Waals surface area (Å²) in [5, 5.41) is 6.33. The zero-order valence-electron chi connectivity index (χ0n) is 16.0. The van der Waals surface area contributed by atoms with Crippen LogP contribution >= 0.6 is 23.2 Å². The first-order valence-corrected chi connectivity index (χ1v) is 11.6. The molecular weight excluding hydrogens is 433 g/mol. The smallest absolute Gasteiger partial charge is 0.243 e. The first-order chi connectivity index (χ1) is 13.8. The van der Waals surface area contributed by atoms with Crippen LogP contribution in [0, 0.1) is 6.92 Å². The van der Waals surface area contributed by atoms with Gasteiger partial charge in [0.15, 0.2) is 0 Å². The third-order valence-corrected chi connectivity index (χ3v) is 7.54. The molecule has 0 saturated carbocycles. The van der Waals surface area contributed by atoms with Crippen molar-refractivity contribution >= 4 is 50.5 Å². The highest BCUT2D eigenvalue weighted by atomic mass is 35.5. The van der Waals surface area contributed by atoms with E-state index in [0.717, 1.165) is 24.8 Å². The Morgan fingerprint density at radius 3 is 2.52 bits per heavy atom. The highest BCUT2D eigenvalue weighted by molar-refractivity contribution is 7.89. The van der Waals surface area contributed by atoms with Crippen LogP contribution < -0.4 is 10.6 Å². The van der Waals surface area contributed by atoms with E-state index in [1.165, 1.54) is 4.31 Å². The van der Waals surface area contributed by atoms with E-state index in [-0.39, 0.29) is 22.4 Å². The van der Waals surface area contributed by atoms with E-state index in [4.69, 9.17) is 23.2 Å².